The molecule has 1 aromatic carbocycles. The Bertz CT molecular complexity index is 759. The molecule has 28 heavy (non-hydrogen) atoms. The van der Waals surface area contributed by atoms with Crippen molar-refractivity contribution in [3.8, 4) is 0 Å². The number of amides is 1. The third kappa shape index (κ3) is 6.38. The van der Waals surface area contributed by atoms with E-state index in [9.17, 15) is 23.4 Å². The Balaban J connectivity index is 1.88. The maximum atomic E-state index is 12.3. The first-order valence-electron chi connectivity index (χ1n) is 8.78. The highest BCUT2D eigenvalue weighted by Gasteiger charge is 2.43. The molecule has 9 nitrogen and oxygen atoms in total. The van der Waals surface area contributed by atoms with Gasteiger partial charge in [-0.05, 0) is 38.4 Å². The van der Waals surface area contributed by atoms with Crippen molar-refractivity contribution < 1.29 is 28.2 Å². The summed E-state index contributed by atoms with van der Waals surface area (Å²) < 4.78 is 32.4. The van der Waals surface area contributed by atoms with Crippen molar-refractivity contribution in [3.63, 3.8) is 0 Å². The third-order valence-electron chi connectivity index (χ3n) is 4.33. The van der Waals surface area contributed by atoms with E-state index in [0.29, 0.717) is 18.1 Å². The Morgan fingerprint density at radius 3 is 2.39 bits per heavy atom. The van der Waals surface area contributed by atoms with Crippen molar-refractivity contribution in [2.24, 2.45) is 0 Å². The zero-order valence-corrected chi connectivity index (χ0v) is 17.3. The van der Waals surface area contributed by atoms with Crippen LogP contribution in [-0.4, -0.2) is 87.6 Å². The van der Waals surface area contributed by atoms with Gasteiger partial charge in [-0.2, -0.15) is 0 Å². The fraction of sp³-hybridized carbons (Fsp3) is 0.588. The summed E-state index contributed by atoms with van der Waals surface area (Å²) in [5, 5.41) is 23.3. The van der Waals surface area contributed by atoms with E-state index in [0.717, 1.165) is 0 Å². The van der Waals surface area contributed by atoms with Gasteiger partial charge in [-0.1, -0.05) is 11.6 Å². The number of ether oxygens (including phenoxy) is 1. The average Bonchev–Trinajstić information content (AvgIpc) is 2.88. The molecule has 0 spiro atoms. The molecule has 1 saturated heterocycles. The van der Waals surface area contributed by atoms with E-state index < -0.39 is 34.4 Å². The summed E-state index contributed by atoms with van der Waals surface area (Å²) in [6.45, 7) is 0.862. The number of carbonyl (C=O) groups excluding carboxylic acids is 1. The molecule has 4 N–H and O–H groups in total. The maximum Gasteiger partial charge on any atom is 0.240 e. The molecular formula is C17H26ClN3O6S. The monoisotopic (exact) mass is 435 g/mol. The summed E-state index contributed by atoms with van der Waals surface area (Å²) in [6.07, 6.45) is -4.63. The number of rotatable bonds is 9. The molecule has 0 radical (unpaired) electrons. The van der Waals surface area contributed by atoms with Crippen LogP contribution in [0, 0.1) is 0 Å². The Kier molecular flexibility index (Phi) is 8.19. The van der Waals surface area contributed by atoms with Gasteiger partial charge in [0, 0.05) is 24.7 Å². The number of likely N-dealkylation sites (N-methyl/N-ethyl adjacent to an activating group) is 1. The van der Waals surface area contributed by atoms with E-state index in [-0.39, 0.29) is 23.8 Å². The second-order valence-electron chi connectivity index (χ2n) is 6.86. The van der Waals surface area contributed by atoms with E-state index in [4.69, 9.17) is 16.3 Å². The van der Waals surface area contributed by atoms with Gasteiger partial charge < -0.3 is 25.2 Å². The lowest BCUT2D eigenvalue weighted by Crippen LogP contribution is -2.40. The lowest BCUT2D eigenvalue weighted by Gasteiger charge is -2.16. The Morgan fingerprint density at radius 2 is 1.79 bits per heavy atom. The molecule has 2 rings (SSSR count). The van der Waals surface area contributed by atoms with Gasteiger partial charge in [0.15, 0.2) is 0 Å². The molecule has 4 atom stereocenters. The molecule has 0 aromatic heterocycles. The predicted molar refractivity (Wildman–Crippen MR) is 103 cm³/mol. The number of nitrogens with zero attached hydrogens (tertiary/aromatic N) is 1. The van der Waals surface area contributed by atoms with Crippen molar-refractivity contribution >= 4 is 27.5 Å². The van der Waals surface area contributed by atoms with Crippen LogP contribution in [0.25, 0.3) is 0 Å². The fourth-order valence-electron chi connectivity index (χ4n) is 2.73. The first kappa shape index (κ1) is 23.0. The van der Waals surface area contributed by atoms with Crippen molar-refractivity contribution in [1.29, 1.82) is 0 Å². The molecule has 1 aliphatic rings. The molecule has 11 heteroatoms. The van der Waals surface area contributed by atoms with E-state index in [2.05, 4.69) is 10.0 Å². The summed E-state index contributed by atoms with van der Waals surface area (Å²) in [6, 6.07) is 5.61. The molecule has 1 aliphatic heterocycles. The third-order valence-corrected chi connectivity index (χ3v) is 6.02. The highest BCUT2D eigenvalue weighted by atomic mass is 35.5. The number of halogens is 1. The summed E-state index contributed by atoms with van der Waals surface area (Å²) in [4.78, 5) is 13.9. The van der Waals surface area contributed by atoms with Crippen LogP contribution in [0.2, 0.25) is 5.02 Å². The standard InChI is InChI=1S/C17H26ClN3O6S/c1-21(2)8-7-19-15(22)9-13-16(23)17(24)14(27-13)10-20-28(25,26)12-5-3-11(18)4-6-12/h3-6,13-14,16-17,20,23-24H,7-10H2,1-2H3,(H,19,22)/t13-,14-,16-,17-/m1/s1. The lowest BCUT2D eigenvalue weighted by molar-refractivity contribution is -0.125. The van der Waals surface area contributed by atoms with Crippen LogP contribution in [0.5, 0.6) is 0 Å². The molecule has 1 aromatic rings. The van der Waals surface area contributed by atoms with Crippen LogP contribution in [-0.2, 0) is 19.6 Å². The van der Waals surface area contributed by atoms with Crippen molar-refractivity contribution in [2.75, 3.05) is 33.7 Å². The highest BCUT2D eigenvalue weighted by Crippen LogP contribution is 2.24. The van der Waals surface area contributed by atoms with E-state index in [1.165, 1.54) is 24.3 Å². The quantitative estimate of drug-likeness (QED) is 0.398. The predicted octanol–water partition coefficient (Wildman–Crippen LogP) is -0.825. The van der Waals surface area contributed by atoms with Gasteiger partial charge in [-0.3, -0.25) is 4.79 Å². The Labute approximate surface area is 169 Å². The van der Waals surface area contributed by atoms with Gasteiger partial charge >= 0.3 is 0 Å². The molecule has 0 aliphatic carbocycles. The van der Waals surface area contributed by atoms with E-state index in [1.807, 2.05) is 19.0 Å². The second-order valence-corrected chi connectivity index (χ2v) is 9.06. The number of hydrogen-bond donors (Lipinski definition) is 4. The minimum absolute atomic E-state index is 0.0155. The number of sulfonamides is 1. The van der Waals surface area contributed by atoms with Crippen LogP contribution < -0.4 is 10.0 Å². The number of nitrogens with one attached hydrogen (secondary N) is 2. The number of benzene rings is 1. The van der Waals surface area contributed by atoms with Crippen LogP contribution >= 0.6 is 11.6 Å². The van der Waals surface area contributed by atoms with Crippen molar-refractivity contribution in [1.82, 2.24) is 14.9 Å². The van der Waals surface area contributed by atoms with Crippen LogP contribution in [0.4, 0.5) is 0 Å². The zero-order chi connectivity index (χ0) is 20.9. The van der Waals surface area contributed by atoms with E-state index in [1.54, 1.807) is 0 Å². The van der Waals surface area contributed by atoms with E-state index >= 15 is 0 Å². The summed E-state index contributed by atoms with van der Waals surface area (Å²) >= 11 is 5.75. The SMILES string of the molecule is CN(C)CCNC(=O)C[C@H]1O[C@H](CNS(=O)(=O)c2ccc(Cl)cc2)[C@@H](O)[C@@H]1O. The summed E-state index contributed by atoms with van der Waals surface area (Å²) in [5.41, 5.74) is 0. The first-order chi connectivity index (χ1) is 13.1. The topological polar surface area (TPSA) is 128 Å². The zero-order valence-electron chi connectivity index (χ0n) is 15.7. The lowest BCUT2D eigenvalue weighted by atomic mass is 10.1. The minimum Gasteiger partial charge on any atom is -0.388 e. The fourth-order valence-corrected chi connectivity index (χ4v) is 3.90. The van der Waals surface area contributed by atoms with Gasteiger partial charge in [0.25, 0.3) is 0 Å². The first-order valence-corrected chi connectivity index (χ1v) is 10.6. The largest absolute Gasteiger partial charge is 0.388 e. The number of aliphatic hydroxyl groups excluding tert-OH is 2. The summed E-state index contributed by atoms with van der Waals surface area (Å²) in [7, 11) is -0.0774. The van der Waals surface area contributed by atoms with Crippen molar-refractivity contribution in [3.05, 3.63) is 29.3 Å². The van der Waals surface area contributed by atoms with Gasteiger partial charge in [0.05, 0.1) is 17.4 Å². The number of carbonyl (C=O) groups is 1. The Hall–Kier alpha value is -1.27. The molecule has 1 heterocycles. The summed E-state index contributed by atoms with van der Waals surface area (Å²) in [5.74, 6) is -0.319. The van der Waals surface area contributed by atoms with Crippen LogP contribution in [0.15, 0.2) is 29.2 Å². The maximum absolute atomic E-state index is 12.3. The minimum atomic E-state index is -3.83. The molecule has 0 bridgehead atoms. The Morgan fingerprint density at radius 1 is 1.18 bits per heavy atom. The van der Waals surface area contributed by atoms with Gasteiger partial charge in [0.1, 0.15) is 18.3 Å². The molecule has 1 amide bonds. The molecule has 0 saturated carbocycles. The van der Waals surface area contributed by atoms with Gasteiger partial charge in [0.2, 0.25) is 15.9 Å². The molecule has 1 fully saturated rings. The smallest absolute Gasteiger partial charge is 0.240 e. The van der Waals surface area contributed by atoms with Gasteiger partial charge in [-0.25, -0.2) is 13.1 Å². The number of aliphatic hydroxyl groups is 2. The molecule has 0 unspecified atom stereocenters. The highest BCUT2D eigenvalue weighted by molar-refractivity contribution is 7.89. The number of hydrogen-bond acceptors (Lipinski definition) is 7. The second kappa shape index (κ2) is 9.97. The molecule has 158 valence electrons. The van der Waals surface area contributed by atoms with Crippen molar-refractivity contribution in [2.45, 2.75) is 35.7 Å². The van der Waals surface area contributed by atoms with Gasteiger partial charge in [-0.15, -0.1) is 0 Å². The average molecular weight is 436 g/mol. The normalized spacial score (nSPS) is 25.2. The van der Waals surface area contributed by atoms with Crippen LogP contribution in [0.3, 0.4) is 0 Å². The molecular weight excluding hydrogens is 410 g/mol. The van der Waals surface area contributed by atoms with Crippen LogP contribution in [0.1, 0.15) is 6.42 Å².